The third kappa shape index (κ3) is 3.56. The van der Waals surface area contributed by atoms with E-state index in [-0.39, 0.29) is 10.8 Å². The number of rotatable bonds is 4. The van der Waals surface area contributed by atoms with Crippen molar-refractivity contribution in [2.75, 3.05) is 0 Å². The quantitative estimate of drug-likeness (QED) is 0.911. The molecule has 0 saturated carbocycles. The van der Waals surface area contributed by atoms with Gasteiger partial charge >= 0.3 is 5.97 Å². The molecule has 2 N–H and O–H groups in total. The Labute approximate surface area is 118 Å². The van der Waals surface area contributed by atoms with Gasteiger partial charge in [0.25, 0.3) is 5.91 Å². The molecule has 4 nitrogen and oxygen atoms in total. The summed E-state index contributed by atoms with van der Waals surface area (Å²) in [7, 11) is 0. The summed E-state index contributed by atoms with van der Waals surface area (Å²) in [4.78, 5) is 23.0. The van der Waals surface area contributed by atoms with E-state index < -0.39 is 5.97 Å². The summed E-state index contributed by atoms with van der Waals surface area (Å²) in [6, 6.07) is 10.1. The topological polar surface area (TPSA) is 66.4 Å². The number of hydrogen-bond donors (Lipinski definition) is 2. The van der Waals surface area contributed by atoms with Crippen LogP contribution in [0.5, 0.6) is 0 Å². The maximum absolute atomic E-state index is 11.8. The van der Waals surface area contributed by atoms with Crippen LogP contribution in [0.2, 0.25) is 5.02 Å². The maximum atomic E-state index is 11.8. The SMILES string of the molecule is O=C(O)c1ccc(C(=O)NCc2ccc(Cl)cc2)s1. The number of amides is 1. The van der Waals surface area contributed by atoms with Crippen LogP contribution in [0.3, 0.4) is 0 Å². The van der Waals surface area contributed by atoms with Crippen molar-refractivity contribution in [1.82, 2.24) is 5.32 Å². The normalized spacial score (nSPS) is 10.2. The van der Waals surface area contributed by atoms with Crippen LogP contribution in [0, 0.1) is 0 Å². The summed E-state index contributed by atoms with van der Waals surface area (Å²) in [5.41, 5.74) is 0.924. The second-order valence-corrected chi connectivity index (χ2v) is 5.30. The smallest absolute Gasteiger partial charge is 0.345 e. The highest BCUT2D eigenvalue weighted by molar-refractivity contribution is 7.15. The fraction of sp³-hybridized carbons (Fsp3) is 0.0769. The number of nitrogens with one attached hydrogen (secondary N) is 1. The minimum Gasteiger partial charge on any atom is -0.477 e. The first-order valence-electron chi connectivity index (χ1n) is 5.42. The molecule has 2 aromatic rings. The molecular weight excluding hydrogens is 286 g/mol. The molecule has 0 unspecified atom stereocenters. The zero-order valence-corrected chi connectivity index (χ0v) is 11.3. The molecule has 6 heteroatoms. The first kappa shape index (κ1) is 13.6. The highest BCUT2D eigenvalue weighted by Gasteiger charge is 2.12. The molecule has 0 aliphatic rings. The van der Waals surface area contributed by atoms with E-state index >= 15 is 0 Å². The van der Waals surface area contributed by atoms with Gasteiger partial charge in [-0.15, -0.1) is 11.3 Å². The molecule has 2 rings (SSSR count). The zero-order chi connectivity index (χ0) is 13.8. The van der Waals surface area contributed by atoms with Gasteiger partial charge in [0.15, 0.2) is 0 Å². The molecule has 1 aromatic heterocycles. The number of aromatic carboxylic acids is 1. The fourth-order valence-electron chi connectivity index (χ4n) is 1.45. The largest absolute Gasteiger partial charge is 0.477 e. The fourth-order valence-corrected chi connectivity index (χ4v) is 2.33. The number of carbonyl (C=O) groups excluding carboxylic acids is 1. The second kappa shape index (κ2) is 5.86. The van der Waals surface area contributed by atoms with Gasteiger partial charge in [-0.25, -0.2) is 4.79 Å². The van der Waals surface area contributed by atoms with Crippen molar-refractivity contribution in [3.63, 3.8) is 0 Å². The van der Waals surface area contributed by atoms with Crippen molar-refractivity contribution in [2.24, 2.45) is 0 Å². The second-order valence-electron chi connectivity index (χ2n) is 3.78. The van der Waals surface area contributed by atoms with Gasteiger partial charge < -0.3 is 10.4 Å². The number of carbonyl (C=O) groups is 2. The summed E-state index contributed by atoms with van der Waals surface area (Å²) >= 11 is 6.72. The zero-order valence-electron chi connectivity index (χ0n) is 9.72. The predicted octanol–water partition coefficient (Wildman–Crippen LogP) is 3.03. The Morgan fingerprint density at radius 2 is 1.74 bits per heavy atom. The number of halogens is 1. The number of carboxylic acid groups (broad SMARTS) is 1. The lowest BCUT2D eigenvalue weighted by atomic mass is 10.2. The van der Waals surface area contributed by atoms with Gasteiger partial charge in [0.2, 0.25) is 0 Å². The Balaban J connectivity index is 1.97. The molecule has 0 aliphatic heterocycles. The van der Waals surface area contributed by atoms with E-state index in [0.717, 1.165) is 16.9 Å². The average molecular weight is 296 g/mol. The molecule has 98 valence electrons. The first-order chi connectivity index (χ1) is 9.06. The van der Waals surface area contributed by atoms with Crippen molar-refractivity contribution in [1.29, 1.82) is 0 Å². The molecule has 0 radical (unpaired) electrons. The minimum atomic E-state index is -1.03. The number of carboxylic acids is 1. The third-order valence-electron chi connectivity index (χ3n) is 2.41. The van der Waals surface area contributed by atoms with Gasteiger partial charge in [-0.3, -0.25) is 4.79 Å². The predicted molar refractivity (Wildman–Crippen MR) is 73.9 cm³/mol. The Morgan fingerprint density at radius 1 is 1.11 bits per heavy atom. The Hall–Kier alpha value is -1.85. The molecule has 19 heavy (non-hydrogen) atoms. The van der Waals surface area contributed by atoms with Crippen molar-refractivity contribution in [2.45, 2.75) is 6.54 Å². The lowest BCUT2D eigenvalue weighted by molar-refractivity contribution is 0.0702. The van der Waals surface area contributed by atoms with Crippen LogP contribution in [0.15, 0.2) is 36.4 Å². The summed E-state index contributed by atoms with van der Waals surface area (Å²) < 4.78 is 0. The highest BCUT2D eigenvalue weighted by Crippen LogP contribution is 2.16. The Kier molecular flexibility index (Phi) is 4.19. The van der Waals surface area contributed by atoms with Crippen LogP contribution in [-0.4, -0.2) is 17.0 Å². The molecule has 1 amide bonds. The standard InChI is InChI=1S/C13H10ClNO3S/c14-9-3-1-8(2-4-9)7-15-12(16)10-5-6-11(19-10)13(17)18/h1-6H,7H2,(H,15,16)(H,17,18). The summed E-state index contributed by atoms with van der Waals surface area (Å²) in [5, 5.41) is 12.1. The van der Waals surface area contributed by atoms with Gasteiger partial charge in [-0.2, -0.15) is 0 Å². The molecule has 1 aromatic carbocycles. The average Bonchev–Trinajstić information content (AvgIpc) is 2.87. The lowest BCUT2D eigenvalue weighted by Gasteiger charge is -2.03. The van der Waals surface area contributed by atoms with Crippen molar-refractivity contribution >= 4 is 34.8 Å². The van der Waals surface area contributed by atoms with E-state index in [0.29, 0.717) is 16.4 Å². The first-order valence-corrected chi connectivity index (χ1v) is 6.61. The molecule has 0 aliphatic carbocycles. The number of benzene rings is 1. The van der Waals surface area contributed by atoms with Crippen LogP contribution < -0.4 is 5.32 Å². The van der Waals surface area contributed by atoms with Crippen LogP contribution in [-0.2, 0) is 6.54 Å². The van der Waals surface area contributed by atoms with E-state index in [1.54, 1.807) is 12.1 Å². The maximum Gasteiger partial charge on any atom is 0.345 e. The molecule has 0 saturated heterocycles. The summed E-state index contributed by atoms with van der Waals surface area (Å²) in [6.45, 7) is 0.371. The van der Waals surface area contributed by atoms with E-state index in [2.05, 4.69) is 5.32 Å². The van der Waals surface area contributed by atoms with Crippen LogP contribution in [0.1, 0.15) is 24.9 Å². The van der Waals surface area contributed by atoms with E-state index in [1.165, 1.54) is 12.1 Å². The molecule has 1 heterocycles. The molecular formula is C13H10ClNO3S. The van der Waals surface area contributed by atoms with E-state index in [9.17, 15) is 9.59 Å². The van der Waals surface area contributed by atoms with Crippen molar-refractivity contribution < 1.29 is 14.7 Å². The lowest BCUT2D eigenvalue weighted by Crippen LogP contribution is -2.21. The van der Waals surface area contributed by atoms with E-state index in [4.69, 9.17) is 16.7 Å². The van der Waals surface area contributed by atoms with Gasteiger partial charge in [0.1, 0.15) is 4.88 Å². The number of thiophene rings is 1. The number of hydrogen-bond acceptors (Lipinski definition) is 3. The van der Waals surface area contributed by atoms with Gasteiger partial charge in [0, 0.05) is 11.6 Å². The Morgan fingerprint density at radius 3 is 2.32 bits per heavy atom. The Bertz CT molecular complexity index is 607. The molecule has 0 spiro atoms. The molecule has 0 bridgehead atoms. The summed E-state index contributed by atoms with van der Waals surface area (Å²) in [6.07, 6.45) is 0. The molecule has 0 fully saturated rings. The monoisotopic (exact) mass is 295 g/mol. The minimum absolute atomic E-state index is 0.150. The van der Waals surface area contributed by atoms with Gasteiger partial charge in [-0.05, 0) is 29.8 Å². The van der Waals surface area contributed by atoms with Crippen molar-refractivity contribution in [3.8, 4) is 0 Å². The van der Waals surface area contributed by atoms with E-state index in [1.807, 2.05) is 12.1 Å². The van der Waals surface area contributed by atoms with Crippen LogP contribution >= 0.6 is 22.9 Å². The van der Waals surface area contributed by atoms with Crippen molar-refractivity contribution in [3.05, 3.63) is 56.7 Å². The summed E-state index contributed by atoms with van der Waals surface area (Å²) in [5.74, 6) is -1.31. The van der Waals surface area contributed by atoms with Crippen LogP contribution in [0.25, 0.3) is 0 Å². The van der Waals surface area contributed by atoms with Crippen LogP contribution in [0.4, 0.5) is 0 Å². The molecule has 0 atom stereocenters. The highest BCUT2D eigenvalue weighted by atomic mass is 35.5. The third-order valence-corrected chi connectivity index (χ3v) is 3.73. The van der Waals surface area contributed by atoms with Gasteiger partial charge in [0.05, 0.1) is 4.88 Å². The van der Waals surface area contributed by atoms with Gasteiger partial charge in [-0.1, -0.05) is 23.7 Å².